The Morgan fingerprint density at radius 2 is 2.00 bits per heavy atom. The summed E-state index contributed by atoms with van der Waals surface area (Å²) >= 11 is 7.61. The molecule has 24 heavy (non-hydrogen) atoms. The Labute approximate surface area is 150 Å². The quantitative estimate of drug-likeness (QED) is 0.880. The predicted octanol–water partition coefficient (Wildman–Crippen LogP) is 3.71. The van der Waals surface area contributed by atoms with Gasteiger partial charge in [0.1, 0.15) is 0 Å². The summed E-state index contributed by atoms with van der Waals surface area (Å²) in [6.07, 6.45) is 1.77. The molecule has 0 saturated heterocycles. The minimum Gasteiger partial charge on any atom is -0.324 e. The first kappa shape index (κ1) is 17.3. The van der Waals surface area contributed by atoms with E-state index in [1.54, 1.807) is 0 Å². The highest BCUT2D eigenvalue weighted by molar-refractivity contribution is 8.01. The second kappa shape index (κ2) is 6.43. The standard InChI is InChI=1S/C17H16ClNO3S2/c1-10-3-4-11-8-16(23-15(11)7-10)17(20)19-14-9-12(24(2,21)22)5-6-13(14)18/h3-7,9,16H,8H2,1-2H3,(H,19,20)/t16-/m0/s1. The number of aryl methyl sites for hydroxylation is 1. The summed E-state index contributed by atoms with van der Waals surface area (Å²) in [4.78, 5) is 13.8. The van der Waals surface area contributed by atoms with Gasteiger partial charge < -0.3 is 5.32 Å². The molecule has 126 valence electrons. The predicted molar refractivity (Wildman–Crippen MR) is 97.7 cm³/mol. The Bertz CT molecular complexity index is 925. The van der Waals surface area contributed by atoms with Crippen LogP contribution in [0.3, 0.4) is 0 Å². The molecule has 0 unspecified atom stereocenters. The second-order valence-electron chi connectivity index (χ2n) is 5.82. The summed E-state index contributed by atoms with van der Waals surface area (Å²) < 4.78 is 23.3. The third kappa shape index (κ3) is 3.61. The number of anilines is 1. The Morgan fingerprint density at radius 1 is 1.25 bits per heavy atom. The van der Waals surface area contributed by atoms with Crippen LogP contribution in [0.25, 0.3) is 0 Å². The molecule has 1 amide bonds. The number of thioether (sulfide) groups is 1. The van der Waals surface area contributed by atoms with Crippen LogP contribution in [0, 0.1) is 6.92 Å². The molecule has 1 aliphatic rings. The molecule has 7 heteroatoms. The van der Waals surface area contributed by atoms with Crippen molar-refractivity contribution in [2.24, 2.45) is 0 Å². The van der Waals surface area contributed by atoms with Crippen molar-refractivity contribution in [3.8, 4) is 0 Å². The van der Waals surface area contributed by atoms with Crippen molar-refractivity contribution >= 4 is 44.8 Å². The average molecular weight is 382 g/mol. The van der Waals surface area contributed by atoms with Gasteiger partial charge in [0, 0.05) is 11.2 Å². The topological polar surface area (TPSA) is 63.2 Å². The molecule has 3 rings (SSSR count). The number of halogens is 1. The van der Waals surface area contributed by atoms with Crippen molar-refractivity contribution in [1.82, 2.24) is 0 Å². The first-order valence-electron chi connectivity index (χ1n) is 7.31. The highest BCUT2D eigenvalue weighted by atomic mass is 35.5. The number of hydrogen-bond acceptors (Lipinski definition) is 4. The molecule has 0 radical (unpaired) electrons. The van der Waals surface area contributed by atoms with E-state index in [0.29, 0.717) is 17.1 Å². The Balaban J connectivity index is 1.79. The average Bonchev–Trinajstić information content (AvgIpc) is 2.91. The van der Waals surface area contributed by atoms with E-state index in [2.05, 4.69) is 11.4 Å². The Kier molecular flexibility index (Phi) is 4.64. The van der Waals surface area contributed by atoms with Crippen LogP contribution in [0.1, 0.15) is 11.1 Å². The van der Waals surface area contributed by atoms with Crippen LogP contribution in [0.4, 0.5) is 5.69 Å². The summed E-state index contributed by atoms with van der Waals surface area (Å²) in [6.45, 7) is 2.02. The van der Waals surface area contributed by atoms with Crippen LogP contribution in [0.5, 0.6) is 0 Å². The molecule has 0 saturated carbocycles. The third-order valence-corrected chi connectivity index (χ3v) is 6.55. The third-order valence-electron chi connectivity index (χ3n) is 3.81. The van der Waals surface area contributed by atoms with Crippen molar-refractivity contribution in [3.63, 3.8) is 0 Å². The molecule has 2 aromatic carbocycles. The molecule has 4 nitrogen and oxygen atoms in total. The van der Waals surface area contributed by atoms with Crippen LogP contribution in [-0.4, -0.2) is 25.8 Å². The number of carbonyl (C=O) groups excluding carboxylic acids is 1. The summed E-state index contributed by atoms with van der Waals surface area (Å²) in [5.41, 5.74) is 2.63. The van der Waals surface area contributed by atoms with E-state index in [-0.39, 0.29) is 16.1 Å². The summed E-state index contributed by atoms with van der Waals surface area (Å²) in [7, 11) is -3.36. The van der Waals surface area contributed by atoms with E-state index in [1.807, 2.05) is 19.1 Å². The molecule has 0 aromatic heterocycles. The lowest BCUT2D eigenvalue weighted by Gasteiger charge is -2.12. The fraction of sp³-hybridized carbons (Fsp3) is 0.235. The van der Waals surface area contributed by atoms with Gasteiger partial charge >= 0.3 is 0 Å². The van der Waals surface area contributed by atoms with E-state index in [1.165, 1.54) is 30.0 Å². The number of fused-ring (bicyclic) bond motifs is 1. The van der Waals surface area contributed by atoms with Gasteiger partial charge in [-0.25, -0.2) is 8.42 Å². The van der Waals surface area contributed by atoms with Gasteiger partial charge in [-0.1, -0.05) is 29.3 Å². The van der Waals surface area contributed by atoms with Crippen molar-refractivity contribution in [2.45, 2.75) is 28.4 Å². The molecule has 1 atom stereocenters. The zero-order chi connectivity index (χ0) is 17.5. The van der Waals surface area contributed by atoms with Crippen LogP contribution in [0.15, 0.2) is 46.2 Å². The normalized spacial score (nSPS) is 16.7. The van der Waals surface area contributed by atoms with Crippen molar-refractivity contribution in [1.29, 1.82) is 0 Å². The summed E-state index contributed by atoms with van der Waals surface area (Å²) in [6, 6.07) is 10.5. The van der Waals surface area contributed by atoms with Crippen LogP contribution in [0.2, 0.25) is 5.02 Å². The number of carbonyl (C=O) groups is 1. The maximum absolute atomic E-state index is 12.5. The van der Waals surface area contributed by atoms with E-state index in [9.17, 15) is 13.2 Å². The summed E-state index contributed by atoms with van der Waals surface area (Å²) in [5, 5.41) is 2.82. The Hall–Kier alpha value is -1.50. The van der Waals surface area contributed by atoms with Crippen LogP contribution < -0.4 is 5.32 Å². The smallest absolute Gasteiger partial charge is 0.238 e. The molecular weight excluding hydrogens is 366 g/mol. The molecule has 1 heterocycles. The lowest BCUT2D eigenvalue weighted by molar-refractivity contribution is -0.115. The monoisotopic (exact) mass is 381 g/mol. The zero-order valence-electron chi connectivity index (χ0n) is 13.2. The lowest BCUT2D eigenvalue weighted by Crippen LogP contribution is -2.24. The highest BCUT2D eigenvalue weighted by Gasteiger charge is 2.28. The molecule has 1 N–H and O–H groups in total. The van der Waals surface area contributed by atoms with Crippen molar-refractivity contribution in [2.75, 3.05) is 11.6 Å². The maximum atomic E-state index is 12.5. The largest absolute Gasteiger partial charge is 0.324 e. The zero-order valence-corrected chi connectivity index (χ0v) is 15.6. The number of amides is 1. The van der Waals surface area contributed by atoms with Gasteiger partial charge in [-0.05, 0) is 43.2 Å². The van der Waals surface area contributed by atoms with Crippen molar-refractivity contribution < 1.29 is 13.2 Å². The SMILES string of the molecule is Cc1ccc2c(c1)S[C@H](C(=O)Nc1cc(S(C)(=O)=O)ccc1Cl)C2. The molecule has 2 aromatic rings. The molecule has 0 aliphatic carbocycles. The first-order chi connectivity index (χ1) is 11.2. The van der Waals surface area contributed by atoms with Gasteiger partial charge in [0.15, 0.2) is 9.84 Å². The fourth-order valence-electron chi connectivity index (χ4n) is 2.53. The number of hydrogen-bond donors (Lipinski definition) is 1. The molecule has 0 spiro atoms. The molecular formula is C17H16ClNO3S2. The van der Waals surface area contributed by atoms with Gasteiger partial charge in [0.25, 0.3) is 0 Å². The maximum Gasteiger partial charge on any atom is 0.238 e. The number of rotatable bonds is 3. The Morgan fingerprint density at radius 3 is 2.71 bits per heavy atom. The van der Waals surface area contributed by atoms with Gasteiger partial charge in [-0.2, -0.15) is 0 Å². The fourth-order valence-corrected chi connectivity index (χ4v) is 4.63. The van der Waals surface area contributed by atoms with Gasteiger partial charge in [0.05, 0.1) is 20.9 Å². The lowest BCUT2D eigenvalue weighted by atomic mass is 10.1. The highest BCUT2D eigenvalue weighted by Crippen LogP contribution is 2.38. The van der Waals surface area contributed by atoms with E-state index >= 15 is 0 Å². The van der Waals surface area contributed by atoms with E-state index in [0.717, 1.165) is 22.3 Å². The van der Waals surface area contributed by atoms with Gasteiger partial charge in [-0.15, -0.1) is 11.8 Å². The minimum absolute atomic E-state index is 0.125. The molecule has 0 bridgehead atoms. The number of nitrogens with one attached hydrogen (secondary N) is 1. The number of benzene rings is 2. The molecule has 1 aliphatic heterocycles. The number of sulfone groups is 1. The van der Waals surface area contributed by atoms with Crippen LogP contribution >= 0.6 is 23.4 Å². The minimum atomic E-state index is -3.36. The van der Waals surface area contributed by atoms with Crippen molar-refractivity contribution in [3.05, 3.63) is 52.5 Å². The van der Waals surface area contributed by atoms with Gasteiger partial charge in [-0.3, -0.25) is 4.79 Å². The van der Waals surface area contributed by atoms with E-state index < -0.39 is 9.84 Å². The van der Waals surface area contributed by atoms with E-state index in [4.69, 9.17) is 11.6 Å². The summed E-state index contributed by atoms with van der Waals surface area (Å²) in [5.74, 6) is -0.179. The van der Waals surface area contributed by atoms with Crippen LogP contribution in [-0.2, 0) is 21.1 Å². The molecule has 0 fully saturated rings. The van der Waals surface area contributed by atoms with Gasteiger partial charge in [0.2, 0.25) is 5.91 Å². The first-order valence-corrected chi connectivity index (χ1v) is 10.5. The second-order valence-corrected chi connectivity index (χ2v) is 9.49.